The van der Waals surface area contributed by atoms with Crippen LogP contribution in [0.25, 0.3) is 0 Å². The molecule has 29 heavy (non-hydrogen) atoms. The zero-order valence-corrected chi connectivity index (χ0v) is 18.1. The molecule has 156 valence electrons. The third-order valence-corrected chi connectivity index (χ3v) is 5.18. The lowest BCUT2D eigenvalue weighted by atomic mass is 9.98. The molecule has 8 heteroatoms. The number of rotatable bonds is 7. The first kappa shape index (κ1) is 23.5. The number of nitrogens with zero attached hydrogens (tertiary/aromatic N) is 2. The van der Waals surface area contributed by atoms with E-state index >= 15 is 0 Å². The van der Waals surface area contributed by atoms with E-state index in [2.05, 4.69) is 10.1 Å². The van der Waals surface area contributed by atoms with Crippen LogP contribution in [0.5, 0.6) is 0 Å². The first-order valence-electron chi connectivity index (χ1n) is 9.20. The van der Waals surface area contributed by atoms with Crippen LogP contribution in [0.4, 0.5) is 0 Å². The van der Waals surface area contributed by atoms with Gasteiger partial charge in [-0.2, -0.15) is 0 Å². The highest BCUT2D eigenvalue weighted by molar-refractivity contribution is 6.32. The topological polar surface area (TPSA) is 62.1 Å². The van der Waals surface area contributed by atoms with Crippen molar-refractivity contribution in [2.75, 3.05) is 26.2 Å². The summed E-state index contributed by atoms with van der Waals surface area (Å²) in [5, 5.41) is 14.8. The van der Waals surface area contributed by atoms with Crippen molar-refractivity contribution in [3.05, 3.63) is 69.7 Å². The second-order valence-corrected chi connectivity index (χ2v) is 7.64. The highest BCUT2D eigenvalue weighted by Gasteiger charge is 2.25. The second kappa shape index (κ2) is 11.4. The number of carbonyl (C=O) groups is 1. The van der Waals surface area contributed by atoms with Crippen LogP contribution >= 0.6 is 35.6 Å². The van der Waals surface area contributed by atoms with Crippen LogP contribution in [-0.4, -0.2) is 47.9 Å². The molecule has 1 saturated heterocycles. The van der Waals surface area contributed by atoms with Gasteiger partial charge >= 0.3 is 5.97 Å². The Morgan fingerprint density at radius 3 is 2.31 bits per heavy atom. The summed E-state index contributed by atoms with van der Waals surface area (Å²) in [5.41, 5.74) is 2.31. The normalized spacial score (nSPS) is 16.6. The minimum atomic E-state index is -0.729. The minimum Gasteiger partial charge on any atom is -0.481 e. The molecule has 3 rings (SSSR count). The molecule has 0 bridgehead atoms. The Kier molecular flexibility index (Phi) is 9.24. The number of hydrogen-bond donors (Lipinski definition) is 1. The number of halogens is 3. The summed E-state index contributed by atoms with van der Waals surface area (Å²) < 4.78 is 0. The lowest BCUT2D eigenvalue weighted by Gasteiger charge is -2.29. The molecule has 1 aliphatic heterocycles. The number of aliphatic carboxylic acids is 1. The van der Waals surface area contributed by atoms with E-state index in [1.807, 2.05) is 36.4 Å². The van der Waals surface area contributed by atoms with E-state index in [0.717, 1.165) is 30.5 Å². The lowest BCUT2D eigenvalue weighted by Crippen LogP contribution is -2.40. The maximum Gasteiger partial charge on any atom is 0.307 e. The van der Waals surface area contributed by atoms with Crippen LogP contribution in [0.1, 0.15) is 24.0 Å². The molecule has 2 aromatic rings. The molecule has 0 saturated carbocycles. The summed E-state index contributed by atoms with van der Waals surface area (Å²) in [4.78, 5) is 18.9. The van der Waals surface area contributed by atoms with Gasteiger partial charge in [-0.15, -0.1) is 12.4 Å². The third kappa shape index (κ3) is 6.89. The van der Waals surface area contributed by atoms with Crippen molar-refractivity contribution in [2.24, 2.45) is 11.1 Å². The summed E-state index contributed by atoms with van der Waals surface area (Å²) in [6, 6.07) is 14.8. The quantitative estimate of drug-likeness (QED) is 0.362. The van der Waals surface area contributed by atoms with Gasteiger partial charge in [0.2, 0.25) is 0 Å². The smallest absolute Gasteiger partial charge is 0.307 e. The van der Waals surface area contributed by atoms with Gasteiger partial charge in [-0.25, -0.2) is 0 Å². The van der Waals surface area contributed by atoms with Gasteiger partial charge in [0.25, 0.3) is 0 Å². The molecule has 1 aliphatic rings. The first-order chi connectivity index (χ1) is 13.5. The molecule has 0 amide bonds. The third-order valence-electron chi connectivity index (χ3n) is 4.71. The first-order valence-corrected chi connectivity index (χ1v) is 9.95. The fraction of sp³-hybridized carbons (Fsp3) is 0.333. The van der Waals surface area contributed by atoms with E-state index in [0.29, 0.717) is 35.5 Å². The Bertz CT molecular complexity index is 813. The molecule has 1 N–H and O–H groups in total. The van der Waals surface area contributed by atoms with Crippen molar-refractivity contribution in [3.8, 4) is 0 Å². The summed E-state index contributed by atoms with van der Waals surface area (Å²) in [5.74, 6) is -1.03. The average molecular weight is 458 g/mol. The van der Waals surface area contributed by atoms with E-state index in [-0.39, 0.29) is 18.3 Å². The fourth-order valence-corrected chi connectivity index (χ4v) is 3.66. The molecule has 2 aromatic carbocycles. The Labute approximate surface area is 186 Å². The molecule has 5 nitrogen and oxygen atoms in total. The molecular weight excluding hydrogens is 435 g/mol. The number of carboxylic acid groups (broad SMARTS) is 1. The van der Waals surface area contributed by atoms with Crippen molar-refractivity contribution in [2.45, 2.75) is 12.8 Å². The Balaban J connectivity index is 0.00000300. The number of hydrogen-bond acceptors (Lipinski definition) is 4. The predicted octanol–water partition coefficient (Wildman–Crippen LogP) is 4.98. The van der Waals surface area contributed by atoms with Crippen LogP contribution in [0.15, 0.2) is 53.7 Å². The number of benzene rings is 2. The summed E-state index contributed by atoms with van der Waals surface area (Å²) in [7, 11) is 0. The highest BCUT2D eigenvalue weighted by Crippen LogP contribution is 2.19. The van der Waals surface area contributed by atoms with E-state index in [1.54, 1.807) is 12.1 Å². The molecule has 1 atom stereocenters. The fourth-order valence-electron chi connectivity index (χ4n) is 3.28. The van der Waals surface area contributed by atoms with E-state index in [1.165, 1.54) is 0 Å². The van der Waals surface area contributed by atoms with Crippen LogP contribution < -0.4 is 0 Å². The maximum absolute atomic E-state index is 11.2. The Morgan fingerprint density at radius 2 is 1.76 bits per heavy atom. The van der Waals surface area contributed by atoms with Crippen molar-refractivity contribution in [3.63, 3.8) is 0 Å². The predicted molar refractivity (Wildman–Crippen MR) is 119 cm³/mol. The van der Waals surface area contributed by atoms with Crippen LogP contribution in [0.2, 0.25) is 10.0 Å². The van der Waals surface area contributed by atoms with Gasteiger partial charge in [0.05, 0.1) is 5.92 Å². The molecule has 0 spiro atoms. The zero-order valence-electron chi connectivity index (χ0n) is 15.8. The summed E-state index contributed by atoms with van der Waals surface area (Å²) in [6.07, 6.45) is 1.62. The van der Waals surface area contributed by atoms with Gasteiger partial charge in [0, 0.05) is 34.3 Å². The largest absolute Gasteiger partial charge is 0.481 e. The number of likely N-dealkylation sites (tertiary alicyclic amines) is 1. The molecule has 1 fully saturated rings. The van der Waals surface area contributed by atoms with Gasteiger partial charge in [-0.1, -0.05) is 52.6 Å². The highest BCUT2D eigenvalue weighted by atomic mass is 35.5. The maximum atomic E-state index is 11.2. The molecule has 0 aromatic heterocycles. The zero-order chi connectivity index (χ0) is 19.9. The van der Waals surface area contributed by atoms with E-state index in [4.69, 9.17) is 28.0 Å². The van der Waals surface area contributed by atoms with Crippen molar-refractivity contribution >= 4 is 47.3 Å². The van der Waals surface area contributed by atoms with E-state index in [9.17, 15) is 9.90 Å². The minimum absolute atomic E-state index is 0. The standard InChI is InChI=1S/C21H22Cl2N2O3.ClH/c22-18-7-1-4-15(12-18)20(16-5-2-8-19(23)13-16)24-28-11-10-25-9-3-6-17(14-25)21(26)27;/h1-2,4-5,7-8,12-13,17H,3,6,9-11,14H2,(H,26,27);1H. The van der Waals surface area contributed by atoms with Crippen LogP contribution in [0, 0.1) is 5.92 Å². The Morgan fingerprint density at radius 1 is 1.14 bits per heavy atom. The molecule has 1 heterocycles. The summed E-state index contributed by atoms with van der Waals surface area (Å²) in [6.45, 7) is 2.44. The summed E-state index contributed by atoms with van der Waals surface area (Å²) >= 11 is 12.3. The van der Waals surface area contributed by atoms with Gasteiger partial charge in [-0.3, -0.25) is 9.69 Å². The van der Waals surface area contributed by atoms with Crippen molar-refractivity contribution < 1.29 is 14.7 Å². The van der Waals surface area contributed by atoms with Crippen LogP contribution in [-0.2, 0) is 9.63 Å². The Hall–Kier alpha value is -1.79. The SMILES string of the molecule is Cl.O=C(O)C1CCCN(CCON=C(c2cccc(Cl)c2)c2cccc(Cl)c2)C1. The van der Waals surface area contributed by atoms with Crippen LogP contribution in [0.3, 0.4) is 0 Å². The van der Waals surface area contributed by atoms with Gasteiger partial charge < -0.3 is 9.94 Å². The average Bonchev–Trinajstić information content (AvgIpc) is 2.68. The van der Waals surface area contributed by atoms with Gasteiger partial charge in [0.1, 0.15) is 12.3 Å². The monoisotopic (exact) mass is 456 g/mol. The number of carboxylic acids is 1. The number of oxime groups is 1. The molecule has 1 unspecified atom stereocenters. The van der Waals surface area contributed by atoms with Gasteiger partial charge in [-0.05, 0) is 43.7 Å². The van der Waals surface area contributed by atoms with Crippen molar-refractivity contribution in [1.82, 2.24) is 4.90 Å². The second-order valence-electron chi connectivity index (χ2n) is 6.77. The van der Waals surface area contributed by atoms with Gasteiger partial charge in [0.15, 0.2) is 0 Å². The molecule has 0 aliphatic carbocycles. The lowest BCUT2D eigenvalue weighted by molar-refractivity contribution is -0.143. The van der Waals surface area contributed by atoms with E-state index < -0.39 is 5.97 Å². The number of piperidine rings is 1. The molecular formula is C21H23Cl3N2O3. The van der Waals surface area contributed by atoms with Crippen molar-refractivity contribution in [1.29, 1.82) is 0 Å². The molecule has 0 radical (unpaired) electrons.